The highest BCUT2D eigenvalue weighted by Crippen LogP contribution is 2.33. The van der Waals surface area contributed by atoms with Gasteiger partial charge in [-0.05, 0) is 67.7 Å². The first-order valence-corrected chi connectivity index (χ1v) is 12.4. The molecule has 0 amide bonds. The van der Waals surface area contributed by atoms with Crippen LogP contribution < -0.4 is 10.6 Å². The van der Waals surface area contributed by atoms with E-state index in [0.29, 0.717) is 6.42 Å². The van der Waals surface area contributed by atoms with Crippen molar-refractivity contribution in [3.8, 4) is 0 Å². The van der Waals surface area contributed by atoms with Gasteiger partial charge < -0.3 is 20.1 Å². The van der Waals surface area contributed by atoms with Gasteiger partial charge in [-0.3, -0.25) is 9.59 Å². The number of carbonyl (C=O) groups excluding carboxylic acids is 2. The first-order chi connectivity index (χ1) is 14.4. The fourth-order valence-corrected chi connectivity index (χ4v) is 6.15. The molecule has 0 bridgehead atoms. The summed E-state index contributed by atoms with van der Waals surface area (Å²) in [5, 5.41) is 7.23. The Morgan fingerprint density at radius 3 is 1.50 bits per heavy atom. The highest BCUT2D eigenvalue weighted by atomic mass is 16.6. The second-order valence-electron chi connectivity index (χ2n) is 13.3. The zero-order valence-electron chi connectivity index (χ0n) is 22.2. The lowest BCUT2D eigenvalue weighted by Gasteiger charge is -2.46. The van der Waals surface area contributed by atoms with Crippen LogP contribution in [0.15, 0.2) is 0 Å². The Bertz CT molecular complexity index is 649. The third-order valence-corrected chi connectivity index (χ3v) is 6.39. The Morgan fingerprint density at radius 2 is 1.12 bits per heavy atom. The standard InChI is InChI=1S/C26H48N2O4/c1-17(2)11-18(22(30)32-20-15-25(7,8)28-26(9,10)16-20)12-21(29)31-19-13-23(3,4)27-24(5,6)14-19/h17-20,27-28H,11-16H2,1-10H3. The van der Waals surface area contributed by atoms with E-state index in [9.17, 15) is 9.59 Å². The lowest BCUT2D eigenvalue weighted by atomic mass is 9.81. The van der Waals surface area contributed by atoms with Gasteiger partial charge in [0.25, 0.3) is 0 Å². The molecule has 0 spiro atoms. The Balaban J connectivity index is 2.01. The van der Waals surface area contributed by atoms with E-state index in [0.717, 1.165) is 25.7 Å². The van der Waals surface area contributed by atoms with Crippen LogP contribution in [0.5, 0.6) is 0 Å². The largest absolute Gasteiger partial charge is 0.462 e. The van der Waals surface area contributed by atoms with Crippen molar-refractivity contribution >= 4 is 11.9 Å². The van der Waals surface area contributed by atoms with Gasteiger partial charge in [0.1, 0.15) is 12.2 Å². The van der Waals surface area contributed by atoms with Crippen LogP contribution in [-0.4, -0.2) is 46.3 Å². The maximum absolute atomic E-state index is 13.1. The monoisotopic (exact) mass is 452 g/mol. The molecule has 2 N–H and O–H groups in total. The second kappa shape index (κ2) is 9.61. The fraction of sp³-hybridized carbons (Fsp3) is 0.923. The van der Waals surface area contributed by atoms with Crippen molar-refractivity contribution in [2.75, 3.05) is 0 Å². The van der Waals surface area contributed by atoms with E-state index in [-0.39, 0.29) is 58.6 Å². The topological polar surface area (TPSA) is 76.7 Å². The van der Waals surface area contributed by atoms with Crippen molar-refractivity contribution in [2.45, 2.75) is 142 Å². The molecule has 2 aliphatic rings. The Morgan fingerprint density at radius 1 is 0.750 bits per heavy atom. The summed E-state index contributed by atoms with van der Waals surface area (Å²) in [5.74, 6) is -0.735. The molecule has 0 aliphatic carbocycles. The summed E-state index contributed by atoms with van der Waals surface area (Å²) in [6.07, 6.45) is 3.47. The van der Waals surface area contributed by atoms with E-state index in [4.69, 9.17) is 9.47 Å². The maximum Gasteiger partial charge on any atom is 0.309 e. The van der Waals surface area contributed by atoms with Gasteiger partial charge in [0, 0.05) is 47.8 Å². The van der Waals surface area contributed by atoms with Gasteiger partial charge in [-0.1, -0.05) is 13.8 Å². The maximum atomic E-state index is 13.1. The van der Waals surface area contributed by atoms with Crippen LogP contribution >= 0.6 is 0 Å². The van der Waals surface area contributed by atoms with Crippen LogP contribution in [-0.2, 0) is 19.1 Å². The van der Waals surface area contributed by atoms with Gasteiger partial charge in [-0.15, -0.1) is 0 Å². The van der Waals surface area contributed by atoms with Gasteiger partial charge in [-0.25, -0.2) is 0 Å². The first kappa shape index (κ1) is 27.1. The summed E-state index contributed by atoms with van der Waals surface area (Å²) in [7, 11) is 0. The van der Waals surface area contributed by atoms with Gasteiger partial charge in [0.2, 0.25) is 0 Å². The zero-order valence-corrected chi connectivity index (χ0v) is 22.2. The highest BCUT2D eigenvalue weighted by molar-refractivity contribution is 5.80. The van der Waals surface area contributed by atoms with Crippen LogP contribution in [0.4, 0.5) is 0 Å². The van der Waals surface area contributed by atoms with Crippen LogP contribution in [0, 0.1) is 11.8 Å². The van der Waals surface area contributed by atoms with Gasteiger partial charge in [0.05, 0.1) is 12.3 Å². The molecule has 0 saturated carbocycles. The molecule has 0 radical (unpaired) electrons. The predicted molar refractivity (Wildman–Crippen MR) is 128 cm³/mol. The predicted octanol–water partition coefficient (Wildman–Crippen LogP) is 4.74. The Kier molecular flexibility index (Phi) is 8.14. The average Bonchev–Trinajstić information content (AvgIpc) is 2.46. The van der Waals surface area contributed by atoms with Crippen LogP contribution in [0.25, 0.3) is 0 Å². The molecule has 2 rings (SSSR count). The third kappa shape index (κ3) is 8.66. The number of carbonyl (C=O) groups is 2. The highest BCUT2D eigenvalue weighted by Gasteiger charge is 2.42. The lowest BCUT2D eigenvalue weighted by molar-refractivity contribution is -0.166. The van der Waals surface area contributed by atoms with Gasteiger partial charge in [0.15, 0.2) is 0 Å². The van der Waals surface area contributed by atoms with Gasteiger partial charge >= 0.3 is 11.9 Å². The van der Waals surface area contributed by atoms with Crippen molar-refractivity contribution in [3.63, 3.8) is 0 Å². The van der Waals surface area contributed by atoms with Crippen LogP contribution in [0.3, 0.4) is 0 Å². The summed E-state index contributed by atoms with van der Waals surface area (Å²) in [4.78, 5) is 26.0. The number of rotatable bonds is 7. The number of esters is 2. The van der Waals surface area contributed by atoms with Crippen molar-refractivity contribution in [1.82, 2.24) is 10.6 Å². The fourth-order valence-electron chi connectivity index (χ4n) is 6.15. The molecule has 0 aromatic carbocycles. The SMILES string of the molecule is CC(C)CC(CC(=O)OC1CC(C)(C)NC(C)(C)C1)C(=O)OC1CC(C)(C)NC(C)(C)C1. The van der Waals surface area contributed by atoms with E-state index in [1.807, 2.05) is 0 Å². The Hall–Kier alpha value is -1.14. The molecular weight excluding hydrogens is 404 g/mol. The smallest absolute Gasteiger partial charge is 0.309 e. The normalized spacial score (nSPS) is 25.8. The van der Waals surface area contributed by atoms with E-state index >= 15 is 0 Å². The quantitative estimate of drug-likeness (QED) is 0.543. The summed E-state index contributed by atoms with van der Waals surface area (Å²) in [6.45, 7) is 21.2. The van der Waals surface area contributed by atoms with E-state index in [1.54, 1.807) is 0 Å². The molecule has 2 fully saturated rings. The summed E-state index contributed by atoms with van der Waals surface area (Å²) in [6, 6.07) is 0. The molecule has 0 aromatic heterocycles. The molecule has 0 aromatic rings. The van der Waals surface area contributed by atoms with Gasteiger partial charge in [-0.2, -0.15) is 0 Å². The van der Waals surface area contributed by atoms with Crippen molar-refractivity contribution in [3.05, 3.63) is 0 Å². The summed E-state index contributed by atoms with van der Waals surface area (Å²) >= 11 is 0. The summed E-state index contributed by atoms with van der Waals surface area (Å²) < 4.78 is 11.9. The van der Waals surface area contributed by atoms with Crippen LogP contribution in [0.2, 0.25) is 0 Å². The molecule has 2 saturated heterocycles. The number of hydrogen-bond donors (Lipinski definition) is 2. The average molecular weight is 453 g/mol. The number of piperidine rings is 2. The second-order valence-corrected chi connectivity index (χ2v) is 13.3. The van der Waals surface area contributed by atoms with E-state index in [1.165, 1.54) is 0 Å². The zero-order chi connectivity index (χ0) is 24.5. The molecule has 32 heavy (non-hydrogen) atoms. The van der Waals surface area contributed by atoms with E-state index < -0.39 is 5.92 Å². The van der Waals surface area contributed by atoms with Crippen molar-refractivity contribution in [2.24, 2.45) is 11.8 Å². The molecule has 1 atom stereocenters. The van der Waals surface area contributed by atoms with E-state index in [2.05, 4.69) is 79.9 Å². The minimum atomic E-state index is -0.466. The first-order valence-electron chi connectivity index (χ1n) is 12.4. The summed E-state index contributed by atoms with van der Waals surface area (Å²) in [5.41, 5.74) is -0.406. The van der Waals surface area contributed by atoms with Crippen molar-refractivity contribution in [1.29, 1.82) is 0 Å². The molecule has 6 nitrogen and oxygen atoms in total. The molecule has 186 valence electrons. The molecule has 6 heteroatoms. The lowest BCUT2D eigenvalue weighted by Crippen LogP contribution is -2.60. The third-order valence-electron chi connectivity index (χ3n) is 6.39. The minimum Gasteiger partial charge on any atom is -0.462 e. The Labute approximate surface area is 196 Å². The van der Waals surface area contributed by atoms with Crippen molar-refractivity contribution < 1.29 is 19.1 Å². The van der Waals surface area contributed by atoms with Crippen LogP contribution in [0.1, 0.15) is 108 Å². The molecule has 2 aliphatic heterocycles. The number of ether oxygens (including phenoxy) is 2. The molecular formula is C26H48N2O4. The number of hydrogen-bond acceptors (Lipinski definition) is 6. The molecule has 2 heterocycles. The number of nitrogens with one attached hydrogen (secondary N) is 2. The molecule has 1 unspecified atom stereocenters. The minimum absolute atomic E-state index is 0.0829.